The molecular formula is C18H20O2S. The van der Waals surface area contributed by atoms with Crippen molar-refractivity contribution in [3.05, 3.63) is 51.7 Å². The Balaban J connectivity index is 2.02. The van der Waals surface area contributed by atoms with Crippen LogP contribution in [0.15, 0.2) is 35.7 Å². The lowest BCUT2D eigenvalue weighted by Gasteiger charge is -2.09. The molecule has 110 valence electrons. The summed E-state index contributed by atoms with van der Waals surface area (Å²) in [6.45, 7) is 4.98. The molecule has 21 heavy (non-hydrogen) atoms. The lowest BCUT2D eigenvalue weighted by molar-refractivity contribution is 0.305. The largest absolute Gasteiger partial charge is 0.488 e. The van der Waals surface area contributed by atoms with Crippen LogP contribution in [-0.4, -0.2) is 11.7 Å². The fraction of sp³-hybridized carbons (Fsp3) is 0.333. The van der Waals surface area contributed by atoms with Crippen molar-refractivity contribution in [3.8, 4) is 17.6 Å². The Morgan fingerprint density at radius 1 is 1.29 bits per heavy atom. The second-order valence-corrected chi connectivity index (χ2v) is 6.05. The molecule has 0 atom stereocenters. The summed E-state index contributed by atoms with van der Waals surface area (Å²) in [7, 11) is 0. The summed E-state index contributed by atoms with van der Waals surface area (Å²) in [6.07, 6.45) is 0.507. The van der Waals surface area contributed by atoms with Crippen molar-refractivity contribution in [2.24, 2.45) is 0 Å². The van der Waals surface area contributed by atoms with Crippen molar-refractivity contribution in [2.75, 3.05) is 6.61 Å². The highest BCUT2D eigenvalue weighted by Crippen LogP contribution is 2.23. The maximum absolute atomic E-state index is 8.76. The van der Waals surface area contributed by atoms with Crippen LogP contribution in [-0.2, 0) is 6.61 Å². The van der Waals surface area contributed by atoms with Crippen LogP contribution in [0.1, 0.15) is 42.2 Å². The van der Waals surface area contributed by atoms with Gasteiger partial charge < -0.3 is 9.84 Å². The van der Waals surface area contributed by atoms with Gasteiger partial charge in [0, 0.05) is 12.0 Å². The molecule has 0 aliphatic rings. The fourth-order valence-electron chi connectivity index (χ4n) is 1.89. The van der Waals surface area contributed by atoms with Gasteiger partial charge in [0.1, 0.15) is 12.4 Å². The molecule has 1 aromatic heterocycles. The van der Waals surface area contributed by atoms with Gasteiger partial charge in [-0.1, -0.05) is 37.8 Å². The molecule has 1 heterocycles. The van der Waals surface area contributed by atoms with Gasteiger partial charge in [-0.3, -0.25) is 0 Å². The molecule has 0 unspecified atom stereocenters. The number of rotatable bonds is 5. The minimum Gasteiger partial charge on any atom is -0.488 e. The topological polar surface area (TPSA) is 29.5 Å². The van der Waals surface area contributed by atoms with Crippen molar-refractivity contribution in [1.29, 1.82) is 0 Å². The number of ether oxygens (including phenoxy) is 1. The summed E-state index contributed by atoms with van der Waals surface area (Å²) < 4.78 is 5.88. The Kier molecular flexibility index (Phi) is 5.86. The first-order valence-corrected chi connectivity index (χ1v) is 7.97. The van der Waals surface area contributed by atoms with E-state index in [2.05, 4.69) is 37.8 Å². The van der Waals surface area contributed by atoms with Crippen LogP contribution in [0, 0.1) is 11.8 Å². The smallest absolute Gasteiger partial charge is 0.124 e. The Labute approximate surface area is 130 Å². The van der Waals surface area contributed by atoms with E-state index in [0.717, 1.165) is 16.2 Å². The molecule has 0 fully saturated rings. The van der Waals surface area contributed by atoms with Crippen LogP contribution in [0.4, 0.5) is 0 Å². The minimum atomic E-state index is 0.102. The molecule has 1 N–H and O–H groups in total. The maximum atomic E-state index is 8.76. The zero-order valence-electron chi connectivity index (χ0n) is 12.4. The first-order valence-electron chi connectivity index (χ1n) is 7.09. The molecule has 0 spiro atoms. The quantitative estimate of drug-likeness (QED) is 0.839. The standard InChI is InChI=1S/C18H20O2S/c1-14(2)16-7-5-8-17(12-16)20-13-18-15(9-11-21-18)6-3-4-10-19/h5,7-9,11-12,14,19H,4,10,13H2,1-2H3. The summed E-state index contributed by atoms with van der Waals surface area (Å²) in [4.78, 5) is 1.12. The number of aliphatic hydroxyl groups is 1. The van der Waals surface area contributed by atoms with E-state index in [1.54, 1.807) is 11.3 Å². The maximum Gasteiger partial charge on any atom is 0.124 e. The van der Waals surface area contributed by atoms with E-state index < -0.39 is 0 Å². The van der Waals surface area contributed by atoms with Crippen LogP contribution in [0.3, 0.4) is 0 Å². The zero-order chi connectivity index (χ0) is 15.1. The Morgan fingerprint density at radius 2 is 2.14 bits per heavy atom. The highest BCUT2D eigenvalue weighted by Gasteiger charge is 2.05. The van der Waals surface area contributed by atoms with E-state index in [0.29, 0.717) is 18.9 Å². The first-order chi connectivity index (χ1) is 10.2. The number of aliphatic hydroxyl groups excluding tert-OH is 1. The third-order valence-corrected chi connectivity index (χ3v) is 3.99. The van der Waals surface area contributed by atoms with Gasteiger partial charge in [0.25, 0.3) is 0 Å². The molecule has 0 bridgehead atoms. The lowest BCUT2D eigenvalue weighted by atomic mass is 10.0. The van der Waals surface area contributed by atoms with Crippen LogP contribution in [0.2, 0.25) is 0 Å². The predicted octanol–water partition coefficient (Wildman–Crippen LogP) is 4.18. The number of thiophene rings is 1. The number of hydrogen-bond acceptors (Lipinski definition) is 3. The van der Waals surface area contributed by atoms with Crippen molar-refractivity contribution < 1.29 is 9.84 Å². The molecule has 0 radical (unpaired) electrons. The minimum absolute atomic E-state index is 0.102. The summed E-state index contributed by atoms with van der Waals surface area (Å²) >= 11 is 1.65. The van der Waals surface area contributed by atoms with Gasteiger partial charge in [-0.05, 0) is 35.1 Å². The first kappa shape index (κ1) is 15.6. The van der Waals surface area contributed by atoms with Crippen molar-refractivity contribution in [2.45, 2.75) is 32.8 Å². The molecule has 2 nitrogen and oxygen atoms in total. The summed E-state index contributed by atoms with van der Waals surface area (Å²) in [5.41, 5.74) is 2.27. The van der Waals surface area contributed by atoms with Crippen LogP contribution < -0.4 is 4.74 Å². The van der Waals surface area contributed by atoms with Crippen LogP contribution >= 0.6 is 11.3 Å². The monoisotopic (exact) mass is 300 g/mol. The van der Waals surface area contributed by atoms with Crippen LogP contribution in [0.5, 0.6) is 5.75 Å². The van der Waals surface area contributed by atoms with Crippen molar-refractivity contribution in [3.63, 3.8) is 0 Å². The normalized spacial score (nSPS) is 10.3. The Bertz CT molecular complexity index is 632. The van der Waals surface area contributed by atoms with Gasteiger partial charge in [0.2, 0.25) is 0 Å². The van der Waals surface area contributed by atoms with Crippen molar-refractivity contribution >= 4 is 11.3 Å². The second-order valence-electron chi connectivity index (χ2n) is 5.05. The third-order valence-electron chi connectivity index (χ3n) is 3.10. The predicted molar refractivity (Wildman–Crippen MR) is 87.8 cm³/mol. The average molecular weight is 300 g/mol. The van der Waals surface area contributed by atoms with E-state index in [9.17, 15) is 0 Å². The zero-order valence-corrected chi connectivity index (χ0v) is 13.2. The van der Waals surface area contributed by atoms with E-state index in [4.69, 9.17) is 9.84 Å². The molecule has 3 heteroatoms. The summed E-state index contributed by atoms with van der Waals surface area (Å²) in [5, 5.41) is 10.8. The second kappa shape index (κ2) is 7.87. The third kappa shape index (κ3) is 4.63. The molecule has 2 rings (SSSR count). The SMILES string of the molecule is CC(C)c1cccc(OCc2sccc2C#CCCO)c1. The average Bonchev–Trinajstić information content (AvgIpc) is 2.93. The van der Waals surface area contributed by atoms with E-state index in [1.165, 1.54) is 5.56 Å². The number of hydrogen-bond donors (Lipinski definition) is 1. The van der Waals surface area contributed by atoms with Gasteiger partial charge in [-0.15, -0.1) is 11.3 Å². The highest BCUT2D eigenvalue weighted by molar-refractivity contribution is 7.10. The van der Waals surface area contributed by atoms with Gasteiger partial charge in [-0.2, -0.15) is 0 Å². The van der Waals surface area contributed by atoms with Gasteiger partial charge in [0.15, 0.2) is 0 Å². The van der Waals surface area contributed by atoms with E-state index in [1.807, 2.05) is 23.6 Å². The molecule has 0 saturated heterocycles. The number of benzene rings is 1. The van der Waals surface area contributed by atoms with Gasteiger partial charge in [0.05, 0.1) is 11.5 Å². The molecule has 0 amide bonds. The van der Waals surface area contributed by atoms with Crippen molar-refractivity contribution in [1.82, 2.24) is 0 Å². The van der Waals surface area contributed by atoms with Gasteiger partial charge >= 0.3 is 0 Å². The molecular weight excluding hydrogens is 280 g/mol. The molecule has 0 aliphatic carbocycles. The molecule has 1 aromatic carbocycles. The molecule has 0 saturated carbocycles. The Morgan fingerprint density at radius 3 is 2.90 bits per heavy atom. The van der Waals surface area contributed by atoms with Crippen LogP contribution in [0.25, 0.3) is 0 Å². The summed E-state index contributed by atoms with van der Waals surface area (Å²) in [5.74, 6) is 7.42. The Hall–Kier alpha value is -1.76. The van der Waals surface area contributed by atoms with E-state index in [-0.39, 0.29) is 6.61 Å². The van der Waals surface area contributed by atoms with E-state index >= 15 is 0 Å². The molecule has 0 aliphatic heterocycles. The highest BCUT2D eigenvalue weighted by atomic mass is 32.1. The fourth-order valence-corrected chi connectivity index (χ4v) is 2.63. The summed E-state index contributed by atoms with van der Waals surface area (Å²) in [6, 6.07) is 10.2. The molecule has 2 aromatic rings. The lowest BCUT2D eigenvalue weighted by Crippen LogP contribution is -1.96. The van der Waals surface area contributed by atoms with Gasteiger partial charge in [-0.25, -0.2) is 0 Å².